The van der Waals surface area contributed by atoms with Crippen LogP contribution in [0.25, 0.3) is 11.0 Å². The number of phenols is 1. The molecule has 3 rings (SSSR count). The fraction of sp³-hybridized carbons (Fsp3) is 0.167. The molecule has 0 radical (unpaired) electrons. The van der Waals surface area contributed by atoms with Crippen molar-refractivity contribution in [1.29, 1.82) is 0 Å². The molecule has 1 heterocycles. The molecule has 128 valence electrons. The van der Waals surface area contributed by atoms with Crippen molar-refractivity contribution in [3.8, 4) is 11.5 Å². The quantitative estimate of drug-likeness (QED) is 0.552. The summed E-state index contributed by atoms with van der Waals surface area (Å²) in [5.41, 5.74) is 5.17. The summed E-state index contributed by atoms with van der Waals surface area (Å²) in [5, 5.41) is 14.0. The molecule has 0 aliphatic rings. The average Bonchev–Trinajstić information content (AvgIpc) is 3.03. The number of hydrazone groups is 1. The lowest BCUT2D eigenvalue weighted by molar-refractivity contribution is -0.121. The number of aromatic nitrogens is 2. The number of imidazole rings is 1. The molecule has 1 amide bonds. The van der Waals surface area contributed by atoms with Gasteiger partial charge in [-0.15, -0.1) is 0 Å². The van der Waals surface area contributed by atoms with Crippen LogP contribution >= 0.6 is 0 Å². The number of nitrogens with zero attached hydrogens (tertiary/aromatic N) is 3. The van der Waals surface area contributed by atoms with Gasteiger partial charge >= 0.3 is 0 Å². The minimum Gasteiger partial charge on any atom is -0.507 e. The van der Waals surface area contributed by atoms with Crippen LogP contribution in [0.4, 0.5) is 0 Å². The number of methoxy groups -OCH3 is 1. The van der Waals surface area contributed by atoms with Gasteiger partial charge < -0.3 is 14.4 Å². The summed E-state index contributed by atoms with van der Waals surface area (Å²) >= 11 is 0. The lowest BCUT2D eigenvalue weighted by atomic mass is 10.1. The highest BCUT2D eigenvalue weighted by Crippen LogP contribution is 2.23. The number of hydrogen-bond donors (Lipinski definition) is 2. The maximum atomic E-state index is 12.1. The predicted molar refractivity (Wildman–Crippen MR) is 94.7 cm³/mol. The normalized spacial score (nSPS) is 11.5. The highest BCUT2D eigenvalue weighted by atomic mass is 16.5. The summed E-state index contributed by atoms with van der Waals surface area (Å²) in [4.78, 5) is 16.4. The molecule has 0 spiro atoms. The first kappa shape index (κ1) is 16.5. The zero-order valence-electron chi connectivity index (χ0n) is 13.9. The van der Waals surface area contributed by atoms with Crippen LogP contribution in [-0.4, -0.2) is 33.4 Å². The van der Waals surface area contributed by atoms with Gasteiger partial charge in [0.2, 0.25) is 0 Å². The lowest BCUT2D eigenvalue weighted by Crippen LogP contribution is -2.24. The van der Waals surface area contributed by atoms with Crippen LogP contribution < -0.4 is 10.2 Å². The molecule has 0 fully saturated rings. The highest BCUT2D eigenvalue weighted by molar-refractivity contribution is 6.01. The molecule has 7 nitrogen and oxygen atoms in total. The number of ether oxygens (including phenoxy) is 1. The minimum atomic E-state index is -0.287. The Kier molecular flexibility index (Phi) is 4.65. The number of hydrogen-bond acceptors (Lipinski definition) is 5. The van der Waals surface area contributed by atoms with E-state index in [9.17, 15) is 9.90 Å². The summed E-state index contributed by atoms with van der Waals surface area (Å²) in [6.45, 7) is 1.79. The third kappa shape index (κ3) is 3.60. The van der Waals surface area contributed by atoms with Crippen molar-refractivity contribution in [2.45, 2.75) is 13.5 Å². The number of aromatic hydroxyl groups is 1. The van der Waals surface area contributed by atoms with Gasteiger partial charge in [0.05, 0.1) is 30.2 Å². The van der Waals surface area contributed by atoms with E-state index in [1.54, 1.807) is 37.1 Å². The summed E-state index contributed by atoms with van der Waals surface area (Å²) in [6.07, 6.45) is 1.62. The first-order chi connectivity index (χ1) is 12.1. The van der Waals surface area contributed by atoms with E-state index in [0.29, 0.717) is 17.0 Å². The van der Waals surface area contributed by atoms with Crippen molar-refractivity contribution in [3.05, 3.63) is 54.4 Å². The first-order valence-electron chi connectivity index (χ1n) is 7.69. The van der Waals surface area contributed by atoms with Crippen LogP contribution in [0.2, 0.25) is 0 Å². The Morgan fingerprint density at radius 1 is 1.32 bits per heavy atom. The number of para-hydroxylation sites is 2. The minimum absolute atomic E-state index is 0.0666. The number of nitrogens with one attached hydrogen (secondary N) is 1. The fourth-order valence-electron chi connectivity index (χ4n) is 2.46. The van der Waals surface area contributed by atoms with Crippen molar-refractivity contribution in [2.24, 2.45) is 5.10 Å². The summed E-state index contributed by atoms with van der Waals surface area (Å²) in [7, 11) is 1.54. The van der Waals surface area contributed by atoms with E-state index in [-0.39, 0.29) is 18.2 Å². The second-order valence-corrected chi connectivity index (χ2v) is 5.48. The van der Waals surface area contributed by atoms with Crippen LogP contribution in [0.1, 0.15) is 12.5 Å². The zero-order valence-corrected chi connectivity index (χ0v) is 13.9. The number of rotatable bonds is 5. The van der Waals surface area contributed by atoms with Crippen LogP contribution in [0.5, 0.6) is 11.5 Å². The monoisotopic (exact) mass is 338 g/mol. The number of benzene rings is 2. The molecule has 0 saturated carbocycles. The molecule has 0 atom stereocenters. The largest absolute Gasteiger partial charge is 0.507 e. The van der Waals surface area contributed by atoms with Crippen molar-refractivity contribution in [1.82, 2.24) is 15.0 Å². The first-order valence-corrected chi connectivity index (χ1v) is 7.69. The van der Waals surface area contributed by atoms with E-state index in [0.717, 1.165) is 11.0 Å². The Balaban J connectivity index is 1.72. The molecule has 0 saturated heterocycles. The van der Waals surface area contributed by atoms with Crippen LogP contribution in [-0.2, 0) is 11.3 Å². The maximum Gasteiger partial charge on any atom is 0.260 e. The molecular formula is C18H18N4O3. The highest BCUT2D eigenvalue weighted by Gasteiger charge is 2.09. The number of fused-ring (bicyclic) bond motifs is 1. The van der Waals surface area contributed by atoms with Gasteiger partial charge in [-0.1, -0.05) is 12.1 Å². The van der Waals surface area contributed by atoms with Crippen LogP contribution in [0.15, 0.2) is 53.9 Å². The van der Waals surface area contributed by atoms with Crippen LogP contribution in [0, 0.1) is 0 Å². The zero-order chi connectivity index (χ0) is 17.8. The number of carbonyl (C=O) groups is 1. The van der Waals surface area contributed by atoms with Gasteiger partial charge in [0, 0.05) is 5.56 Å². The molecule has 25 heavy (non-hydrogen) atoms. The molecule has 0 aliphatic heterocycles. The second kappa shape index (κ2) is 7.04. The van der Waals surface area contributed by atoms with Gasteiger partial charge in [-0.25, -0.2) is 10.4 Å². The standard InChI is InChI=1S/C18H18N4O3/c1-12(14-9-13(25-2)7-8-17(14)23)20-21-18(24)10-22-11-19-15-5-3-4-6-16(15)22/h3-9,11,23H,10H2,1-2H3,(H,21,24)/b20-12+. The third-order valence-electron chi connectivity index (χ3n) is 3.78. The molecule has 0 aliphatic carbocycles. The molecule has 2 N–H and O–H groups in total. The Morgan fingerprint density at radius 3 is 2.92 bits per heavy atom. The molecule has 2 aromatic carbocycles. The van der Waals surface area contributed by atoms with Crippen molar-refractivity contribution >= 4 is 22.7 Å². The smallest absolute Gasteiger partial charge is 0.260 e. The van der Waals surface area contributed by atoms with E-state index in [2.05, 4.69) is 15.5 Å². The Morgan fingerprint density at radius 2 is 2.12 bits per heavy atom. The third-order valence-corrected chi connectivity index (χ3v) is 3.78. The molecule has 1 aromatic heterocycles. The lowest BCUT2D eigenvalue weighted by Gasteiger charge is -2.08. The topological polar surface area (TPSA) is 88.7 Å². The molecule has 0 unspecified atom stereocenters. The van der Waals surface area contributed by atoms with Crippen molar-refractivity contribution < 1.29 is 14.6 Å². The van der Waals surface area contributed by atoms with E-state index in [4.69, 9.17) is 4.74 Å². The summed E-state index contributed by atoms with van der Waals surface area (Å²) < 4.78 is 6.88. The maximum absolute atomic E-state index is 12.1. The predicted octanol–water partition coefficient (Wildman–Crippen LogP) is 2.29. The fourth-order valence-corrected chi connectivity index (χ4v) is 2.46. The van der Waals surface area contributed by atoms with Gasteiger partial charge in [-0.3, -0.25) is 4.79 Å². The van der Waals surface area contributed by atoms with Crippen molar-refractivity contribution in [3.63, 3.8) is 0 Å². The number of amides is 1. The van der Waals surface area contributed by atoms with E-state index in [1.807, 2.05) is 24.3 Å². The second-order valence-electron chi connectivity index (χ2n) is 5.48. The Bertz CT molecular complexity index is 946. The number of phenolic OH excluding ortho intramolecular Hbond substituents is 1. The Hall–Kier alpha value is -3.35. The van der Waals surface area contributed by atoms with E-state index >= 15 is 0 Å². The molecule has 0 bridgehead atoms. The van der Waals surface area contributed by atoms with Gasteiger partial charge in [0.1, 0.15) is 18.0 Å². The summed E-state index contributed by atoms with van der Waals surface area (Å²) in [5.74, 6) is 0.375. The van der Waals surface area contributed by atoms with Gasteiger partial charge in [0.15, 0.2) is 0 Å². The van der Waals surface area contributed by atoms with Crippen molar-refractivity contribution in [2.75, 3.05) is 7.11 Å². The number of carbonyl (C=O) groups excluding carboxylic acids is 1. The molecule has 3 aromatic rings. The summed E-state index contributed by atoms with van der Waals surface area (Å²) in [6, 6.07) is 12.4. The van der Waals surface area contributed by atoms with Crippen LogP contribution in [0.3, 0.4) is 0 Å². The average molecular weight is 338 g/mol. The van der Waals surface area contributed by atoms with Gasteiger partial charge in [0.25, 0.3) is 5.91 Å². The SMILES string of the molecule is COc1ccc(O)c(/C(C)=N/NC(=O)Cn2cnc3ccccc32)c1. The van der Waals surface area contributed by atoms with Gasteiger partial charge in [-0.2, -0.15) is 5.10 Å². The van der Waals surface area contributed by atoms with E-state index in [1.165, 1.54) is 6.07 Å². The molecule has 7 heteroatoms. The molecular weight excluding hydrogens is 320 g/mol. The van der Waals surface area contributed by atoms with E-state index < -0.39 is 0 Å². The van der Waals surface area contributed by atoms with Gasteiger partial charge in [-0.05, 0) is 37.3 Å². The Labute approximate surface area is 144 Å².